The first-order valence-electron chi connectivity index (χ1n) is 20.0. The highest BCUT2D eigenvalue weighted by atomic mass is 19.4. The molecule has 0 radical (unpaired) electrons. The molecule has 7 aromatic carbocycles. The lowest BCUT2D eigenvalue weighted by Crippen LogP contribution is -2.11. The third-order valence-electron chi connectivity index (χ3n) is 11.6. The number of fused-ring (bicyclic) bond motifs is 6. The van der Waals surface area contributed by atoms with Gasteiger partial charge in [0.05, 0.1) is 91.6 Å². The monoisotopic (exact) mass is 873 g/mol. The second-order valence-corrected chi connectivity index (χ2v) is 15.6. The van der Waals surface area contributed by atoms with Crippen molar-refractivity contribution in [2.45, 2.75) is 12.4 Å². The van der Waals surface area contributed by atoms with Gasteiger partial charge >= 0.3 is 12.4 Å². The minimum Gasteiger partial charge on any atom is -0.307 e. The van der Waals surface area contributed by atoms with Gasteiger partial charge in [-0.05, 0) is 125 Å². The average Bonchev–Trinajstić information content (AvgIpc) is 3.84. The molecule has 0 aliphatic heterocycles. The Balaban J connectivity index is 1.25. The van der Waals surface area contributed by atoms with E-state index in [-0.39, 0.29) is 39.8 Å². The number of nitriles is 4. The first-order chi connectivity index (χ1) is 31.8. The maximum Gasteiger partial charge on any atom is 0.416 e. The standard InChI is InChI=1S/C53H25F6N7/c54-52(55,56)39-19-38(20-40(23-39)53(57,58)59)43-24-51(66-47-8-4-2-6-42(47)45-22-35(10-12-49(45)66)37-17-32(27-62)14-33(18-37)28-63)64-29-50(43)65-46-7-3-1-5-41(46)44-21-34(9-11-48(44)65)36-15-30(25-60)13-31(16-36)26-61/h1-24,29H. The summed E-state index contributed by atoms with van der Waals surface area (Å²) < 4.78 is 90.8. The average molecular weight is 874 g/mol. The molecule has 0 fully saturated rings. The molecule has 66 heavy (non-hydrogen) atoms. The molecule has 0 spiro atoms. The van der Waals surface area contributed by atoms with Crippen LogP contribution in [0.25, 0.3) is 88.5 Å². The van der Waals surface area contributed by atoms with Crippen molar-refractivity contribution in [1.82, 2.24) is 14.1 Å². The number of pyridine rings is 1. The van der Waals surface area contributed by atoms with Crippen LogP contribution in [-0.4, -0.2) is 14.1 Å². The van der Waals surface area contributed by atoms with Crippen molar-refractivity contribution in [1.29, 1.82) is 21.0 Å². The van der Waals surface area contributed by atoms with Crippen molar-refractivity contribution in [3.63, 3.8) is 0 Å². The summed E-state index contributed by atoms with van der Waals surface area (Å²) in [7, 11) is 0. The molecule has 3 aromatic heterocycles. The van der Waals surface area contributed by atoms with E-state index in [1.165, 1.54) is 24.4 Å². The number of para-hydroxylation sites is 2. The summed E-state index contributed by atoms with van der Waals surface area (Å²) in [5.74, 6) is 0.200. The van der Waals surface area contributed by atoms with Gasteiger partial charge in [-0.15, -0.1) is 0 Å². The van der Waals surface area contributed by atoms with Crippen LogP contribution in [0.15, 0.2) is 152 Å². The van der Waals surface area contributed by atoms with Gasteiger partial charge < -0.3 is 4.57 Å². The van der Waals surface area contributed by atoms with Crippen LogP contribution in [0.2, 0.25) is 0 Å². The van der Waals surface area contributed by atoms with Crippen LogP contribution in [0.1, 0.15) is 33.4 Å². The summed E-state index contributed by atoms with van der Waals surface area (Å²) in [6.45, 7) is 0. The lowest BCUT2D eigenvalue weighted by Gasteiger charge is -2.19. The number of alkyl halides is 6. The van der Waals surface area contributed by atoms with E-state index in [4.69, 9.17) is 4.98 Å². The Hall–Kier alpha value is -9.17. The Kier molecular flexibility index (Phi) is 9.46. The zero-order valence-electron chi connectivity index (χ0n) is 33.8. The highest BCUT2D eigenvalue weighted by molar-refractivity contribution is 6.12. The molecule has 10 rings (SSSR count). The van der Waals surface area contributed by atoms with E-state index in [0.717, 1.165) is 10.8 Å². The van der Waals surface area contributed by atoms with E-state index < -0.39 is 23.5 Å². The minimum atomic E-state index is -5.13. The SMILES string of the molecule is N#Cc1cc(C#N)cc(-c2ccc3c(c2)c2ccccc2n3-c2cc(-c3cc(C(F)(F)F)cc(C(F)(F)F)c3)c(-n3c4ccccc4c4cc(-c5cc(C#N)cc(C#N)c5)ccc43)cn2)c1. The van der Waals surface area contributed by atoms with Crippen molar-refractivity contribution in [2.24, 2.45) is 0 Å². The van der Waals surface area contributed by atoms with Crippen molar-refractivity contribution in [3.05, 3.63) is 185 Å². The summed E-state index contributed by atoms with van der Waals surface area (Å²) in [4.78, 5) is 4.91. The van der Waals surface area contributed by atoms with Crippen molar-refractivity contribution in [2.75, 3.05) is 0 Å². The maximum atomic E-state index is 14.6. The molecule has 0 bridgehead atoms. The van der Waals surface area contributed by atoms with Crippen LogP contribution < -0.4 is 0 Å². The van der Waals surface area contributed by atoms with Crippen molar-refractivity contribution >= 4 is 43.6 Å². The number of hydrogen-bond donors (Lipinski definition) is 0. The highest BCUT2D eigenvalue weighted by Gasteiger charge is 2.37. The molecule has 0 aliphatic carbocycles. The zero-order chi connectivity index (χ0) is 46.1. The first kappa shape index (κ1) is 40.9. The molecule has 13 heteroatoms. The van der Waals surface area contributed by atoms with Gasteiger partial charge in [0.15, 0.2) is 0 Å². The summed E-state index contributed by atoms with van der Waals surface area (Å²) in [5, 5.41) is 41.5. The second-order valence-electron chi connectivity index (χ2n) is 15.6. The Labute approximate surface area is 370 Å². The fourth-order valence-electron chi connectivity index (χ4n) is 8.74. The van der Waals surface area contributed by atoms with E-state index >= 15 is 0 Å². The largest absolute Gasteiger partial charge is 0.416 e. The summed E-state index contributed by atoms with van der Waals surface area (Å²) >= 11 is 0. The molecule has 0 N–H and O–H groups in total. The van der Waals surface area contributed by atoms with E-state index in [2.05, 4.69) is 24.3 Å². The van der Waals surface area contributed by atoms with Gasteiger partial charge in [-0.2, -0.15) is 47.4 Å². The molecule has 0 amide bonds. The van der Waals surface area contributed by atoms with Gasteiger partial charge in [0.2, 0.25) is 0 Å². The van der Waals surface area contributed by atoms with E-state index in [0.29, 0.717) is 78.4 Å². The van der Waals surface area contributed by atoms with Crippen LogP contribution in [-0.2, 0) is 12.4 Å². The highest BCUT2D eigenvalue weighted by Crippen LogP contribution is 2.44. The first-order valence-corrected chi connectivity index (χ1v) is 20.0. The molecule has 0 unspecified atom stereocenters. The third kappa shape index (κ3) is 6.89. The normalized spacial score (nSPS) is 11.7. The maximum absolute atomic E-state index is 14.6. The number of nitrogens with zero attached hydrogens (tertiary/aromatic N) is 7. The smallest absolute Gasteiger partial charge is 0.307 e. The number of aromatic nitrogens is 3. The zero-order valence-corrected chi connectivity index (χ0v) is 33.8. The Bertz CT molecular complexity index is 3770. The lowest BCUT2D eigenvalue weighted by molar-refractivity contribution is -0.143. The summed E-state index contributed by atoms with van der Waals surface area (Å²) in [6, 6.07) is 46.4. The number of hydrogen-bond acceptors (Lipinski definition) is 5. The third-order valence-corrected chi connectivity index (χ3v) is 11.6. The Morgan fingerprint density at radius 1 is 0.394 bits per heavy atom. The molecule has 7 nitrogen and oxygen atoms in total. The lowest BCUT2D eigenvalue weighted by atomic mass is 9.98. The topological polar surface area (TPSA) is 118 Å². The summed E-state index contributed by atoms with van der Waals surface area (Å²) in [6.07, 6.45) is -8.82. The number of benzene rings is 7. The van der Waals surface area contributed by atoms with Gasteiger partial charge in [-0.25, -0.2) is 4.98 Å². The predicted octanol–water partition coefficient (Wildman–Crippen LogP) is 13.8. The molecule has 3 heterocycles. The fraction of sp³-hybridized carbons (Fsp3) is 0.0377. The van der Waals surface area contributed by atoms with Crippen LogP contribution in [0.4, 0.5) is 26.3 Å². The molecule has 0 saturated carbocycles. The van der Waals surface area contributed by atoms with Crippen molar-refractivity contribution in [3.8, 4) is 69.2 Å². The van der Waals surface area contributed by atoms with Gasteiger partial charge in [0.25, 0.3) is 0 Å². The quantitative estimate of drug-likeness (QED) is 0.160. The van der Waals surface area contributed by atoms with Crippen LogP contribution in [0.5, 0.6) is 0 Å². The molecule has 10 aromatic rings. The van der Waals surface area contributed by atoms with Crippen LogP contribution >= 0.6 is 0 Å². The van der Waals surface area contributed by atoms with E-state index in [9.17, 15) is 47.4 Å². The predicted molar refractivity (Wildman–Crippen MR) is 238 cm³/mol. The van der Waals surface area contributed by atoms with Crippen molar-refractivity contribution < 1.29 is 26.3 Å². The fourth-order valence-corrected chi connectivity index (χ4v) is 8.74. The Morgan fingerprint density at radius 2 is 0.818 bits per heavy atom. The molecule has 0 atom stereocenters. The van der Waals surface area contributed by atoms with Gasteiger partial charge in [-0.1, -0.05) is 48.5 Å². The molecular formula is C53H25F6N7. The Morgan fingerprint density at radius 3 is 1.27 bits per heavy atom. The van der Waals surface area contributed by atoms with E-state index in [1.807, 2.05) is 48.5 Å². The molecule has 0 aliphatic rings. The molecular weight excluding hydrogens is 849 g/mol. The minimum absolute atomic E-state index is 0.0172. The number of rotatable bonds is 5. The van der Waals surface area contributed by atoms with Crippen LogP contribution in [0, 0.1) is 45.3 Å². The number of halogens is 6. The van der Waals surface area contributed by atoms with Gasteiger partial charge in [0, 0.05) is 27.1 Å². The molecule has 314 valence electrons. The second kappa shape index (κ2) is 15.3. The van der Waals surface area contributed by atoms with Gasteiger partial charge in [-0.3, -0.25) is 4.57 Å². The summed E-state index contributed by atoms with van der Waals surface area (Å²) in [5.41, 5.74) is 3.04. The van der Waals surface area contributed by atoms with Gasteiger partial charge in [0.1, 0.15) is 5.82 Å². The molecule has 0 saturated heterocycles. The van der Waals surface area contributed by atoms with Crippen LogP contribution in [0.3, 0.4) is 0 Å². The van der Waals surface area contributed by atoms with E-state index in [1.54, 1.807) is 69.8 Å².